The standard InChI is InChI=1S/C19H21N5O3S/c25-16(11-24-7-3-13(4-8-24)19(26)27)22-10-12-1-2-15-14(9-12)23-17-18(28-15)21-6-5-20-17/h1-2,5-6,9,13H,3-4,7-8,10-11H2,(H,20,23)(H,22,25)(H,26,27). The number of amides is 1. The number of carbonyl (C=O) groups is 2. The van der Waals surface area contributed by atoms with Gasteiger partial charge in [-0.05, 0) is 43.6 Å². The van der Waals surface area contributed by atoms with Crippen molar-refractivity contribution in [3.05, 3.63) is 36.2 Å². The summed E-state index contributed by atoms with van der Waals surface area (Å²) < 4.78 is 0. The summed E-state index contributed by atoms with van der Waals surface area (Å²) in [4.78, 5) is 34.9. The van der Waals surface area contributed by atoms with Crippen LogP contribution in [0.3, 0.4) is 0 Å². The van der Waals surface area contributed by atoms with Crippen molar-refractivity contribution in [2.45, 2.75) is 29.3 Å². The summed E-state index contributed by atoms with van der Waals surface area (Å²) in [6.07, 6.45) is 4.52. The highest BCUT2D eigenvalue weighted by Gasteiger charge is 2.25. The van der Waals surface area contributed by atoms with E-state index in [2.05, 4.69) is 20.6 Å². The number of likely N-dealkylation sites (tertiary alicyclic amines) is 1. The summed E-state index contributed by atoms with van der Waals surface area (Å²) in [7, 11) is 0. The van der Waals surface area contributed by atoms with Gasteiger partial charge in [0.15, 0.2) is 5.82 Å². The Balaban J connectivity index is 1.29. The van der Waals surface area contributed by atoms with Crippen LogP contribution in [0, 0.1) is 5.92 Å². The Morgan fingerprint density at radius 2 is 2.04 bits per heavy atom. The summed E-state index contributed by atoms with van der Waals surface area (Å²) in [5.74, 6) is -0.331. The fourth-order valence-corrected chi connectivity index (χ4v) is 4.27. The number of carboxylic acids is 1. The summed E-state index contributed by atoms with van der Waals surface area (Å²) >= 11 is 1.57. The van der Waals surface area contributed by atoms with Crippen LogP contribution in [0.4, 0.5) is 11.5 Å². The molecule has 0 atom stereocenters. The lowest BCUT2D eigenvalue weighted by atomic mass is 9.97. The Labute approximate surface area is 166 Å². The number of carboxylic acid groups (broad SMARTS) is 1. The van der Waals surface area contributed by atoms with Crippen LogP contribution in [-0.2, 0) is 16.1 Å². The molecule has 2 aliphatic rings. The average molecular weight is 399 g/mol. The van der Waals surface area contributed by atoms with Crippen molar-refractivity contribution in [3.63, 3.8) is 0 Å². The SMILES string of the molecule is O=C(CN1CCC(C(=O)O)CC1)NCc1ccc2c(c1)Nc1nccnc1S2. The minimum Gasteiger partial charge on any atom is -0.481 e. The summed E-state index contributed by atoms with van der Waals surface area (Å²) in [6, 6.07) is 6.02. The highest BCUT2D eigenvalue weighted by Crippen LogP contribution is 2.41. The second kappa shape index (κ2) is 8.15. The lowest BCUT2D eigenvalue weighted by Gasteiger charge is -2.29. The Morgan fingerprint density at radius 3 is 2.82 bits per heavy atom. The van der Waals surface area contributed by atoms with Gasteiger partial charge in [0.25, 0.3) is 0 Å². The summed E-state index contributed by atoms with van der Waals surface area (Å²) in [5.41, 5.74) is 1.96. The van der Waals surface area contributed by atoms with E-state index in [1.54, 1.807) is 24.2 Å². The van der Waals surface area contributed by atoms with E-state index in [9.17, 15) is 9.59 Å². The van der Waals surface area contributed by atoms with Gasteiger partial charge in [0.05, 0.1) is 18.2 Å². The van der Waals surface area contributed by atoms with E-state index in [-0.39, 0.29) is 11.8 Å². The lowest BCUT2D eigenvalue weighted by molar-refractivity contribution is -0.143. The molecule has 1 aromatic carbocycles. The Hall–Kier alpha value is -2.65. The topological polar surface area (TPSA) is 107 Å². The van der Waals surface area contributed by atoms with E-state index >= 15 is 0 Å². The number of hydrogen-bond acceptors (Lipinski definition) is 7. The van der Waals surface area contributed by atoms with Crippen LogP contribution in [0.5, 0.6) is 0 Å². The first-order valence-corrected chi connectivity index (χ1v) is 10.0. The fourth-order valence-electron chi connectivity index (χ4n) is 3.39. The number of aliphatic carboxylic acids is 1. The summed E-state index contributed by atoms with van der Waals surface area (Å²) in [5, 5.41) is 16.1. The van der Waals surface area contributed by atoms with Crippen molar-refractivity contribution in [1.82, 2.24) is 20.2 Å². The molecular formula is C19H21N5O3S. The largest absolute Gasteiger partial charge is 0.481 e. The Morgan fingerprint density at radius 1 is 1.25 bits per heavy atom. The zero-order valence-electron chi connectivity index (χ0n) is 15.2. The molecule has 0 unspecified atom stereocenters. The van der Waals surface area contributed by atoms with Crippen LogP contribution in [0.2, 0.25) is 0 Å². The maximum atomic E-state index is 12.2. The lowest BCUT2D eigenvalue weighted by Crippen LogP contribution is -2.42. The number of nitrogens with zero attached hydrogens (tertiary/aromatic N) is 3. The van der Waals surface area contributed by atoms with Gasteiger partial charge in [-0.15, -0.1) is 0 Å². The number of piperidine rings is 1. The molecule has 1 saturated heterocycles. The highest BCUT2D eigenvalue weighted by molar-refractivity contribution is 7.99. The summed E-state index contributed by atoms with van der Waals surface area (Å²) in [6.45, 7) is 2.03. The highest BCUT2D eigenvalue weighted by atomic mass is 32.2. The van der Waals surface area contributed by atoms with E-state index < -0.39 is 5.97 Å². The van der Waals surface area contributed by atoms with Crippen LogP contribution in [-0.4, -0.2) is 51.5 Å². The number of fused-ring (bicyclic) bond motifs is 2. The molecule has 0 bridgehead atoms. The van der Waals surface area contributed by atoms with Gasteiger partial charge in [0.2, 0.25) is 5.91 Å². The van der Waals surface area contributed by atoms with E-state index in [0.29, 0.717) is 39.0 Å². The second-order valence-corrected chi connectivity index (χ2v) is 7.96. The van der Waals surface area contributed by atoms with Gasteiger partial charge in [-0.25, -0.2) is 9.97 Å². The molecule has 1 fully saturated rings. The van der Waals surface area contributed by atoms with Crippen molar-refractivity contribution < 1.29 is 14.7 Å². The zero-order chi connectivity index (χ0) is 19.5. The van der Waals surface area contributed by atoms with Gasteiger partial charge in [0.1, 0.15) is 5.03 Å². The predicted octanol–water partition coefficient (Wildman–Crippen LogP) is 2.10. The normalized spacial score (nSPS) is 16.6. The monoisotopic (exact) mass is 399 g/mol. The van der Waals surface area contributed by atoms with Crippen molar-refractivity contribution in [2.75, 3.05) is 25.0 Å². The van der Waals surface area contributed by atoms with Gasteiger partial charge in [0, 0.05) is 23.8 Å². The number of anilines is 2. The zero-order valence-corrected chi connectivity index (χ0v) is 16.0. The van der Waals surface area contributed by atoms with Gasteiger partial charge >= 0.3 is 5.97 Å². The molecule has 9 heteroatoms. The van der Waals surface area contributed by atoms with Gasteiger partial charge in [-0.3, -0.25) is 14.5 Å². The first-order valence-electron chi connectivity index (χ1n) is 9.19. The quantitative estimate of drug-likeness (QED) is 0.599. The molecule has 1 aromatic heterocycles. The fraction of sp³-hybridized carbons (Fsp3) is 0.368. The van der Waals surface area contributed by atoms with Crippen LogP contribution in [0.1, 0.15) is 18.4 Å². The molecule has 28 heavy (non-hydrogen) atoms. The molecule has 4 rings (SSSR count). The van der Waals surface area contributed by atoms with Crippen LogP contribution < -0.4 is 10.6 Å². The molecule has 0 spiro atoms. The molecule has 2 aromatic rings. The molecule has 2 aliphatic heterocycles. The molecule has 0 saturated carbocycles. The molecule has 3 N–H and O–H groups in total. The van der Waals surface area contributed by atoms with Crippen molar-refractivity contribution in [3.8, 4) is 0 Å². The number of hydrogen-bond donors (Lipinski definition) is 3. The molecular weight excluding hydrogens is 378 g/mol. The number of nitrogens with one attached hydrogen (secondary N) is 2. The van der Waals surface area contributed by atoms with Crippen LogP contribution in [0.15, 0.2) is 40.5 Å². The first-order chi connectivity index (χ1) is 13.6. The van der Waals surface area contributed by atoms with Crippen molar-refractivity contribution in [1.29, 1.82) is 0 Å². The first kappa shape index (κ1) is 18.7. The molecule has 146 valence electrons. The number of carbonyl (C=O) groups excluding carboxylic acids is 1. The van der Waals surface area contributed by atoms with Crippen LogP contribution in [0.25, 0.3) is 0 Å². The van der Waals surface area contributed by atoms with Crippen molar-refractivity contribution in [2.24, 2.45) is 5.92 Å². The smallest absolute Gasteiger partial charge is 0.306 e. The van der Waals surface area contributed by atoms with E-state index in [0.717, 1.165) is 27.0 Å². The third-order valence-corrected chi connectivity index (χ3v) is 6.03. The van der Waals surface area contributed by atoms with Gasteiger partial charge in [-0.2, -0.15) is 0 Å². The molecule has 0 aliphatic carbocycles. The van der Waals surface area contributed by atoms with Crippen LogP contribution >= 0.6 is 11.8 Å². The molecule has 8 nitrogen and oxygen atoms in total. The van der Waals surface area contributed by atoms with Crippen molar-refractivity contribution >= 4 is 35.1 Å². The van der Waals surface area contributed by atoms with E-state index in [1.807, 2.05) is 23.1 Å². The average Bonchev–Trinajstić information content (AvgIpc) is 2.71. The Bertz CT molecular complexity index is 899. The minimum atomic E-state index is -0.739. The second-order valence-electron chi connectivity index (χ2n) is 6.93. The maximum Gasteiger partial charge on any atom is 0.306 e. The molecule has 3 heterocycles. The molecule has 0 radical (unpaired) electrons. The maximum absolute atomic E-state index is 12.2. The number of rotatable bonds is 5. The molecule has 1 amide bonds. The van der Waals surface area contributed by atoms with E-state index in [4.69, 9.17) is 5.11 Å². The third-order valence-electron chi connectivity index (χ3n) is 4.96. The predicted molar refractivity (Wildman–Crippen MR) is 105 cm³/mol. The van der Waals surface area contributed by atoms with E-state index in [1.165, 1.54) is 0 Å². The Kier molecular flexibility index (Phi) is 5.45. The number of benzene rings is 1. The number of aromatic nitrogens is 2. The van der Waals surface area contributed by atoms with Gasteiger partial charge in [-0.1, -0.05) is 17.8 Å². The third kappa shape index (κ3) is 4.26. The van der Waals surface area contributed by atoms with Gasteiger partial charge < -0.3 is 15.7 Å². The minimum absolute atomic E-state index is 0.0509.